The quantitative estimate of drug-likeness (QED) is 0.114. The minimum atomic E-state index is 0.636. The van der Waals surface area contributed by atoms with Crippen molar-refractivity contribution in [1.82, 2.24) is 9.80 Å². The molecule has 0 fully saturated rings. The Morgan fingerprint density at radius 2 is 0.676 bits per heavy atom. The van der Waals surface area contributed by atoms with E-state index in [0.29, 0.717) is 6.17 Å². The van der Waals surface area contributed by atoms with Crippen LogP contribution in [-0.4, -0.2) is 29.1 Å². The Morgan fingerprint density at radius 3 is 0.971 bits per heavy atom. The van der Waals surface area contributed by atoms with Crippen LogP contribution in [0.15, 0.2) is 12.4 Å². The van der Waals surface area contributed by atoms with E-state index in [4.69, 9.17) is 0 Å². The Hall–Kier alpha value is -0.660. The van der Waals surface area contributed by atoms with Gasteiger partial charge in [0.25, 0.3) is 0 Å². The van der Waals surface area contributed by atoms with Crippen molar-refractivity contribution < 1.29 is 0 Å². The molecule has 0 aromatic rings. The molecule has 34 heavy (non-hydrogen) atoms. The topological polar surface area (TPSA) is 6.48 Å². The second kappa shape index (κ2) is 24.1. The predicted octanol–water partition coefficient (Wildman–Crippen LogP) is 10.8. The molecule has 2 nitrogen and oxygen atoms in total. The van der Waals surface area contributed by atoms with Crippen LogP contribution in [0, 0.1) is 0 Å². The average Bonchev–Trinajstić information content (AvgIpc) is 3.22. The summed E-state index contributed by atoms with van der Waals surface area (Å²) in [4.78, 5) is 5.29. The SMILES string of the molecule is CCCCCCCCCCCCCCCN1C=CN(CCCCCCCCCCC)C1CCC. The summed E-state index contributed by atoms with van der Waals surface area (Å²) in [7, 11) is 0. The molecular formula is C32H64N2. The Labute approximate surface area is 216 Å². The Kier molecular flexibility index (Phi) is 22.2. The molecule has 1 atom stereocenters. The van der Waals surface area contributed by atoms with Crippen LogP contribution in [0.4, 0.5) is 0 Å². The molecule has 2 heteroatoms. The number of hydrogen-bond donors (Lipinski definition) is 0. The zero-order chi connectivity index (χ0) is 24.5. The van der Waals surface area contributed by atoms with Crippen LogP contribution in [0.3, 0.4) is 0 Å². The Balaban J connectivity index is 2.00. The van der Waals surface area contributed by atoms with E-state index in [9.17, 15) is 0 Å². The van der Waals surface area contributed by atoms with Crippen LogP contribution in [0.2, 0.25) is 0 Å². The molecule has 0 N–H and O–H groups in total. The lowest BCUT2D eigenvalue weighted by Gasteiger charge is -2.33. The van der Waals surface area contributed by atoms with Gasteiger partial charge in [0.05, 0.1) is 0 Å². The average molecular weight is 477 g/mol. The van der Waals surface area contributed by atoms with Crippen molar-refractivity contribution in [3.8, 4) is 0 Å². The van der Waals surface area contributed by atoms with E-state index >= 15 is 0 Å². The van der Waals surface area contributed by atoms with E-state index in [1.807, 2.05) is 0 Å². The number of rotatable bonds is 26. The molecule has 0 spiro atoms. The molecule has 0 radical (unpaired) electrons. The van der Waals surface area contributed by atoms with Crippen molar-refractivity contribution in [3.63, 3.8) is 0 Å². The van der Waals surface area contributed by atoms with Crippen molar-refractivity contribution in [3.05, 3.63) is 12.4 Å². The highest BCUT2D eigenvalue weighted by molar-refractivity contribution is 4.96. The third-order valence-corrected chi connectivity index (χ3v) is 7.80. The molecule has 1 unspecified atom stereocenters. The summed E-state index contributed by atoms with van der Waals surface area (Å²) in [5.41, 5.74) is 0. The maximum Gasteiger partial charge on any atom is 0.101 e. The molecule has 1 rings (SSSR count). The standard InChI is InChI=1S/C32H64N2/c1-4-7-9-11-13-15-16-17-18-20-22-24-26-29-34-31-30-33(32(34)27-6-3)28-25-23-21-19-14-12-10-8-5-2/h30-32H,4-29H2,1-3H3. The van der Waals surface area contributed by atoms with Crippen LogP contribution in [0.1, 0.15) is 175 Å². The van der Waals surface area contributed by atoms with Gasteiger partial charge in [-0.15, -0.1) is 0 Å². The lowest BCUT2D eigenvalue weighted by molar-refractivity contribution is 0.138. The zero-order valence-corrected chi connectivity index (χ0v) is 24.0. The van der Waals surface area contributed by atoms with E-state index in [-0.39, 0.29) is 0 Å². The summed E-state index contributed by atoms with van der Waals surface area (Å²) in [5.74, 6) is 0. The van der Waals surface area contributed by atoms with Crippen LogP contribution in [0.5, 0.6) is 0 Å². The molecule has 0 saturated heterocycles. The highest BCUT2D eigenvalue weighted by Gasteiger charge is 2.24. The van der Waals surface area contributed by atoms with E-state index in [1.165, 1.54) is 167 Å². The van der Waals surface area contributed by atoms with E-state index in [1.54, 1.807) is 0 Å². The number of nitrogens with zero attached hydrogens (tertiary/aromatic N) is 2. The first-order valence-corrected chi connectivity index (χ1v) is 16.0. The molecule has 0 aromatic carbocycles. The molecule has 1 aliphatic rings. The summed E-state index contributed by atoms with van der Waals surface area (Å²) >= 11 is 0. The summed E-state index contributed by atoms with van der Waals surface area (Å²) in [6, 6.07) is 0. The Bertz CT molecular complexity index is 433. The number of unbranched alkanes of at least 4 members (excludes halogenated alkanes) is 20. The molecule has 0 amide bonds. The second-order valence-electron chi connectivity index (χ2n) is 11.1. The molecule has 1 aliphatic heterocycles. The summed E-state index contributed by atoms with van der Waals surface area (Å²) in [6.07, 6.45) is 39.6. The highest BCUT2D eigenvalue weighted by Crippen LogP contribution is 2.22. The first-order chi connectivity index (χ1) is 16.8. The molecule has 1 heterocycles. The van der Waals surface area contributed by atoms with Gasteiger partial charge < -0.3 is 9.80 Å². The van der Waals surface area contributed by atoms with Crippen molar-refractivity contribution >= 4 is 0 Å². The largest absolute Gasteiger partial charge is 0.356 e. The van der Waals surface area contributed by atoms with Gasteiger partial charge in [-0.1, -0.05) is 156 Å². The molecular weight excluding hydrogens is 412 g/mol. The summed E-state index contributed by atoms with van der Waals surface area (Å²) < 4.78 is 0. The van der Waals surface area contributed by atoms with Crippen molar-refractivity contribution in [2.75, 3.05) is 13.1 Å². The zero-order valence-electron chi connectivity index (χ0n) is 24.0. The van der Waals surface area contributed by atoms with Gasteiger partial charge in [-0.05, 0) is 19.3 Å². The molecule has 202 valence electrons. The van der Waals surface area contributed by atoms with Gasteiger partial charge >= 0.3 is 0 Å². The minimum Gasteiger partial charge on any atom is -0.356 e. The smallest absolute Gasteiger partial charge is 0.101 e. The van der Waals surface area contributed by atoms with Crippen molar-refractivity contribution in [2.45, 2.75) is 181 Å². The van der Waals surface area contributed by atoms with Gasteiger partial charge in [0.15, 0.2) is 0 Å². The molecule has 0 saturated carbocycles. The maximum absolute atomic E-state index is 2.65. The lowest BCUT2D eigenvalue weighted by atomic mass is 10.0. The van der Waals surface area contributed by atoms with Gasteiger partial charge in [0.2, 0.25) is 0 Å². The monoisotopic (exact) mass is 477 g/mol. The van der Waals surface area contributed by atoms with Gasteiger partial charge in [-0.25, -0.2) is 0 Å². The predicted molar refractivity (Wildman–Crippen MR) is 154 cm³/mol. The third kappa shape index (κ3) is 16.9. The molecule has 0 aliphatic carbocycles. The lowest BCUT2D eigenvalue weighted by Crippen LogP contribution is -2.39. The first kappa shape index (κ1) is 31.4. The van der Waals surface area contributed by atoms with Crippen LogP contribution in [-0.2, 0) is 0 Å². The summed E-state index contributed by atoms with van der Waals surface area (Å²) in [6.45, 7) is 9.47. The van der Waals surface area contributed by atoms with Gasteiger partial charge in [-0.2, -0.15) is 0 Å². The van der Waals surface area contributed by atoms with E-state index < -0.39 is 0 Å². The van der Waals surface area contributed by atoms with Gasteiger partial charge in [-0.3, -0.25) is 0 Å². The normalized spacial score (nSPS) is 15.7. The fourth-order valence-corrected chi connectivity index (χ4v) is 5.51. The first-order valence-electron chi connectivity index (χ1n) is 16.0. The highest BCUT2D eigenvalue weighted by atomic mass is 15.4. The van der Waals surface area contributed by atoms with Crippen LogP contribution >= 0.6 is 0 Å². The maximum atomic E-state index is 2.65. The van der Waals surface area contributed by atoms with E-state index in [2.05, 4.69) is 43.0 Å². The minimum absolute atomic E-state index is 0.636. The second-order valence-corrected chi connectivity index (χ2v) is 11.1. The fourth-order valence-electron chi connectivity index (χ4n) is 5.51. The van der Waals surface area contributed by atoms with Crippen molar-refractivity contribution in [2.24, 2.45) is 0 Å². The fraction of sp³-hybridized carbons (Fsp3) is 0.938. The number of hydrogen-bond acceptors (Lipinski definition) is 2. The van der Waals surface area contributed by atoms with Crippen LogP contribution < -0.4 is 0 Å². The van der Waals surface area contributed by atoms with E-state index in [0.717, 1.165) is 0 Å². The van der Waals surface area contributed by atoms with Crippen molar-refractivity contribution in [1.29, 1.82) is 0 Å². The molecule has 0 aromatic heterocycles. The Morgan fingerprint density at radius 1 is 0.382 bits per heavy atom. The third-order valence-electron chi connectivity index (χ3n) is 7.80. The summed E-state index contributed by atoms with van der Waals surface area (Å²) in [5, 5.41) is 0. The van der Waals surface area contributed by atoms with Gasteiger partial charge in [0.1, 0.15) is 6.17 Å². The van der Waals surface area contributed by atoms with Gasteiger partial charge in [0, 0.05) is 25.5 Å². The molecule has 0 bridgehead atoms. The van der Waals surface area contributed by atoms with Crippen LogP contribution in [0.25, 0.3) is 0 Å².